The minimum Gasteiger partial charge on any atom is -0.342 e. The third kappa shape index (κ3) is 7.40. The molecule has 38 heavy (non-hydrogen) atoms. The van der Waals surface area contributed by atoms with Gasteiger partial charge in [0.15, 0.2) is 0 Å². The fourth-order valence-electron chi connectivity index (χ4n) is 4.66. The van der Waals surface area contributed by atoms with Crippen molar-refractivity contribution >= 4 is 17.7 Å². The second kappa shape index (κ2) is 12.5. The second-order valence-corrected chi connectivity index (χ2v) is 11.2. The summed E-state index contributed by atoms with van der Waals surface area (Å²) in [5.41, 5.74) is 0.751. The van der Waals surface area contributed by atoms with Gasteiger partial charge in [-0.25, -0.2) is 9.37 Å². The van der Waals surface area contributed by atoms with Crippen LogP contribution in [0.25, 0.3) is 0 Å². The summed E-state index contributed by atoms with van der Waals surface area (Å²) in [5.74, 6) is -0.890. The van der Waals surface area contributed by atoms with Crippen molar-refractivity contribution in [2.75, 3.05) is 26.7 Å². The molecule has 0 radical (unpaired) electrons. The Hall–Kier alpha value is -3.27. The Kier molecular flexibility index (Phi) is 9.65. The van der Waals surface area contributed by atoms with Crippen molar-refractivity contribution in [3.63, 3.8) is 0 Å². The number of aryl methyl sites for hydroxylation is 1. The van der Waals surface area contributed by atoms with E-state index in [0.717, 1.165) is 18.4 Å². The molecule has 10 heteroatoms. The van der Waals surface area contributed by atoms with Crippen molar-refractivity contribution in [2.45, 2.75) is 65.1 Å². The number of likely N-dealkylation sites (tertiary alicyclic amines) is 1. The van der Waals surface area contributed by atoms with Crippen LogP contribution in [0.3, 0.4) is 0 Å². The molecular weight excluding hydrogens is 487 g/mol. The van der Waals surface area contributed by atoms with E-state index in [1.807, 2.05) is 25.7 Å². The molecule has 3 rings (SSSR count). The Balaban J connectivity index is 1.80. The zero-order chi connectivity index (χ0) is 28.0. The largest absolute Gasteiger partial charge is 0.342 e. The Morgan fingerprint density at radius 1 is 1.21 bits per heavy atom. The Morgan fingerprint density at radius 2 is 1.89 bits per heavy atom. The highest BCUT2D eigenvalue weighted by Crippen LogP contribution is 2.26. The van der Waals surface area contributed by atoms with E-state index < -0.39 is 17.5 Å². The predicted molar refractivity (Wildman–Crippen MR) is 144 cm³/mol. The van der Waals surface area contributed by atoms with E-state index in [0.29, 0.717) is 31.7 Å². The zero-order valence-corrected chi connectivity index (χ0v) is 23.3. The number of imidazole rings is 1. The number of amides is 3. The fraction of sp³-hybridized carbons (Fsp3) is 0.571. The minimum atomic E-state index is -0.703. The van der Waals surface area contributed by atoms with Crippen LogP contribution in [0, 0.1) is 11.2 Å². The number of hydrogen-bond donors (Lipinski definition) is 2. The van der Waals surface area contributed by atoms with E-state index in [4.69, 9.17) is 0 Å². The quantitative estimate of drug-likeness (QED) is 0.493. The second-order valence-electron chi connectivity index (χ2n) is 11.2. The molecule has 1 fully saturated rings. The lowest BCUT2D eigenvalue weighted by atomic mass is 9.85. The average Bonchev–Trinajstić information content (AvgIpc) is 3.52. The molecular formula is C28H41FN6O3. The molecule has 3 unspecified atom stereocenters. The first-order valence-electron chi connectivity index (χ1n) is 13.2. The van der Waals surface area contributed by atoms with Crippen molar-refractivity contribution < 1.29 is 18.8 Å². The van der Waals surface area contributed by atoms with Crippen molar-refractivity contribution in [3.05, 3.63) is 53.9 Å². The summed E-state index contributed by atoms with van der Waals surface area (Å²) < 4.78 is 15.1. The molecule has 1 aromatic carbocycles. The molecule has 208 valence electrons. The lowest BCUT2D eigenvalue weighted by molar-refractivity contribution is -0.140. The Bertz CT molecular complexity index is 1110. The van der Waals surface area contributed by atoms with Gasteiger partial charge in [-0.05, 0) is 56.3 Å². The smallest absolute Gasteiger partial charge is 0.274 e. The summed E-state index contributed by atoms with van der Waals surface area (Å²) in [5, 5.41) is 5.86. The van der Waals surface area contributed by atoms with Gasteiger partial charge in [0, 0.05) is 38.9 Å². The number of benzene rings is 1. The van der Waals surface area contributed by atoms with Gasteiger partial charge in [-0.15, -0.1) is 0 Å². The molecule has 1 saturated heterocycles. The number of hydrogen-bond acceptors (Lipinski definition) is 5. The number of likely N-dealkylation sites (N-methyl/N-ethyl adjacent to an activating group) is 1. The molecule has 1 aliphatic heterocycles. The number of carbonyl (C=O) groups excluding carboxylic acids is 3. The first-order chi connectivity index (χ1) is 17.9. The van der Waals surface area contributed by atoms with Crippen molar-refractivity contribution in [1.29, 1.82) is 0 Å². The summed E-state index contributed by atoms with van der Waals surface area (Å²) in [6, 6.07) is 4.93. The number of halogens is 1. The highest BCUT2D eigenvalue weighted by Gasteiger charge is 2.40. The van der Waals surface area contributed by atoms with E-state index >= 15 is 0 Å². The van der Waals surface area contributed by atoms with Crippen LogP contribution >= 0.6 is 0 Å². The maximum atomic E-state index is 13.8. The SMILES string of the molecule is CNC(C)C(=O)NC(C(=O)N1CCCC1CN(CCc1ccc(F)cc1)C(=O)c1cn(C)cn1)C(C)(C)C. The summed E-state index contributed by atoms with van der Waals surface area (Å²) in [7, 11) is 3.51. The molecule has 2 N–H and O–H groups in total. The van der Waals surface area contributed by atoms with Gasteiger partial charge in [-0.1, -0.05) is 32.9 Å². The number of aromatic nitrogens is 2. The van der Waals surface area contributed by atoms with E-state index in [-0.39, 0.29) is 29.6 Å². The highest BCUT2D eigenvalue weighted by atomic mass is 19.1. The van der Waals surface area contributed by atoms with Gasteiger partial charge < -0.3 is 25.0 Å². The number of nitrogens with one attached hydrogen (secondary N) is 2. The van der Waals surface area contributed by atoms with Crippen LogP contribution in [0.5, 0.6) is 0 Å². The lowest BCUT2D eigenvalue weighted by Crippen LogP contribution is -2.59. The number of rotatable bonds is 10. The molecule has 3 atom stereocenters. The molecule has 0 saturated carbocycles. The van der Waals surface area contributed by atoms with Gasteiger partial charge in [-0.3, -0.25) is 14.4 Å². The van der Waals surface area contributed by atoms with Crippen LogP contribution < -0.4 is 10.6 Å². The van der Waals surface area contributed by atoms with Gasteiger partial charge in [0.05, 0.1) is 12.4 Å². The molecule has 9 nitrogen and oxygen atoms in total. The van der Waals surface area contributed by atoms with Gasteiger partial charge in [0.2, 0.25) is 11.8 Å². The minimum absolute atomic E-state index is 0.138. The first-order valence-corrected chi connectivity index (χ1v) is 13.2. The summed E-state index contributed by atoms with van der Waals surface area (Å²) in [4.78, 5) is 47.7. The molecule has 1 aromatic heterocycles. The van der Waals surface area contributed by atoms with Crippen LogP contribution in [0.15, 0.2) is 36.8 Å². The van der Waals surface area contributed by atoms with E-state index in [1.165, 1.54) is 12.1 Å². The molecule has 3 amide bonds. The van der Waals surface area contributed by atoms with Gasteiger partial charge in [0.25, 0.3) is 5.91 Å². The topological polar surface area (TPSA) is 99.6 Å². The van der Waals surface area contributed by atoms with E-state index in [2.05, 4.69) is 15.6 Å². The summed E-state index contributed by atoms with van der Waals surface area (Å²) >= 11 is 0. The molecule has 1 aliphatic rings. The van der Waals surface area contributed by atoms with Crippen LogP contribution in [0.1, 0.15) is 56.6 Å². The third-order valence-electron chi connectivity index (χ3n) is 7.11. The summed E-state index contributed by atoms with van der Waals surface area (Å²) in [6.45, 7) is 8.87. The molecule has 2 heterocycles. The monoisotopic (exact) mass is 528 g/mol. The molecule has 0 aliphatic carbocycles. The van der Waals surface area contributed by atoms with Crippen molar-refractivity contribution in [3.8, 4) is 0 Å². The average molecular weight is 529 g/mol. The zero-order valence-electron chi connectivity index (χ0n) is 23.3. The standard InChI is InChI=1S/C28H41FN6O3/c1-19(30-5)25(36)32-24(28(2,3)4)27(38)35-14-7-8-22(35)16-34(26(37)23-17-33(6)18-31-23)15-13-20-9-11-21(29)12-10-20/h9-12,17-19,22,24,30H,7-8,13-16H2,1-6H3,(H,32,36). The predicted octanol–water partition coefficient (Wildman–Crippen LogP) is 2.37. The first kappa shape index (κ1) is 29.3. The normalized spacial score (nSPS) is 17.2. The number of nitrogens with zero attached hydrogens (tertiary/aromatic N) is 4. The van der Waals surface area contributed by atoms with Crippen LogP contribution in [0.4, 0.5) is 4.39 Å². The van der Waals surface area contributed by atoms with Crippen LogP contribution in [0.2, 0.25) is 0 Å². The van der Waals surface area contributed by atoms with Gasteiger partial charge in [-0.2, -0.15) is 0 Å². The molecule has 0 bridgehead atoms. The maximum absolute atomic E-state index is 13.8. The molecule has 0 spiro atoms. The van der Waals surface area contributed by atoms with E-state index in [9.17, 15) is 18.8 Å². The number of carbonyl (C=O) groups is 3. The fourth-order valence-corrected chi connectivity index (χ4v) is 4.66. The van der Waals surface area contributed by atoms with Crippen LogP contribution in [-0.4, -0.2) is 81.9 Å². The Morgan fingerprint density at radius 3 is 2.47 bits per heavy atom. The lowest BCUT2D eigenvalue weighted by Gasteiger charge is -2.37. The van der Waals surface area contributed by atoms with E-state index in [1.54, 1.807) is 55.1 Å². The van der Waals surface area contributed by atoms with Crippen molar-refractivity contribution in [1.82, 2.24) is 30.0 Å². The summed E-state index contributed by atoms with van der Waals surface area (Å²) in [6.07, 6.45) is 5.38. The van der Waals surface area contributed by atoms with Gasteiger partial charge in [0.1, 0.15) is 17.6 Å². The van der Waals surface area contributed by atoms with Crippen molar-refractivity contribution in [2.24, 2.45) is 12.5 Å². The third-order valence-corrected chi connectivity index (χ3v) is 7.11. The maximum Gasteiger partial charge on any atom is 0.274 e. The highest BCUT2D eigenvalue weighted by molar-refractivity contribution is 5.92. The molecule has 2 aromatic rings. The Labute approximate surface area is 224 Å². The van der Waals surface area contributed by atoms with Crippen LogP contribution in [-0.2, 0) is 23.1 Å². The van der Waals surface area contributed by atoms with Gasteiger partial charge >= 0.3 is 0 Å².